The van der Waals surface area contributed by atoms with Crippen molar-refractivity contribution in [3.63, 3.8) is 0 Å². The second kappa shape index (κ2) is 5.20. The van der Waals surface area contributed by atoms with Crippen LogP contribution in [0, 0.1) is 0 Å². The van der Waals surface area contributed by atoms with E-state index < -0.39 is 0 Å². The molecule has 1 fully saturated rings. The van der Waals surface area contributed by atoms with E-state index >= 15 is 0 Å². The summed E-state index contributed by atoms with van der Waals surface area (Å²) in [5.74, 6) is 0. The molecule has 0 aromatic heterocycles. The Morgan fingerprint density at radius 2 is 2.33 bits per heavy atom. The summed E-state index contributed by atoms with van der Waals surface area (Å²) in [5, 5.41) is 0. The number of rotatable bonds is 4. The van der Waals surface area contributed by atoms with Crippen molar-refractivity contribution in [3.05, 3.63) is 0 Å². The zero-order valence-electron chi connectivity index (χ0n) is 7.92. The third-order valence-electron chi connectivity index (χ3n) is 2.07. The molecule has 1 aliphatic heterocycles. The second-order valence-corrected chi connectivity index (χ2v) is 4.90. The Hall–Kier alpha value is 0.400. The Morgan fingerprint density at radius 1 is 1.58 bits per heavy atom. The van der Waals surface area contributed by atoms with Gasteiger partial charge in [-0.15, -0.1) is 0 Å². The van der Waals surface area contributed by atoms with Crippen molar-refractivity contribution in [2.24, 2.45) is 0 Å². The first-order valence-corrected chi connectivity index (χ1v) is 5.58. The molecule has 0 aromatic carbocycles. The standard InChI is InChI=1S/C9H18BrNO/c1-8(2)12-6-5-11-4-3-9(10)7-11/h8-9H,3-7H2,1-2H3. The summed E-state index contributed by atoms with van der Waals surface area (Å²) >= 11 is 3.62. The molecular weight excluding hydrogens is 218 g/mol. The number of hydrogen-bond donors (Lipinski definition) is 0. The molecule has 0 saturated carbocycles. The average molecular weight is 236 g/mol. The lowest BCUT2D eigenvalue weighted by molar-refractivity contribution is 0.0636. The van der Waals surface area contributed by atoms with Crippen LogP contribution in [-0.2, 0) is 4.74 Å². The minimum absolute atomic E-state index is 0.368. The molecule has 72 valence electrons. The van der Waals surface area contributed by atoms with Crippen LogP contribution in [0.15, 0.2) is 0 Å². The van der Waals surface area contributed by atoms with E-state index in [9.17, 15) is 0 Å². The summed E-state index contributed by atoms with van der Waals surface area (Å²) in [6.07, 6.45) is 1.65. The lowest BCUT2D eigenvalue weighted by Crippen LogP contribution is -2.26. The van der Waals surface area contributed by atoms with Crippen molar-refractivity contribution in [2.45, 2.75) is 31.2 Å². The SMILES string of the molecule is CC(C)OCCN1CCC(Br)C1. The van der Waals surface area contributed by atoms with Crippen molar-refractivity contribution in [1.82, 2.24) is 4.90 Å². The molecule has 0 N–H and O–H groups in total. The molecule has 3 heteroatoms. The fourth-order valence-electron chi connectivity index (χ4n) is 1.41. The van der Waals surface area contributed by atoms with Crippen LogP contribution in [0.25, 0.3) is 0 Å². The molecule has 0 spiro atoms. The van der Waals surface area contributed by atoms with Crippen molar-refractivity contribution < 1.29 is 4.74 Å². The van der Waals surface area contributed by atoms with E-state index in [-0.39, 0.29) is 0 Å². The van der Waals surface area contributed by atoms with Gasteiger partial charge in [0.15, 0.2) is 0 Å². The van der Waals surface area contributed by atoms with Crippen LogP contribution in [0.5, 0.6) is 0 Å². The van der Waals surface area contributed by atoms with Gasteiger partial charge in [0, 0.05) is 17.9 Å². The van der Waals surface area contributed by atoms with Gasteiger partial charge in [-0.1, -0.05) is 15.9 Å². The highest BCUT2D eigenvalue weighted by molar-refractivity contribution is 9.09. The van der Waals surface area contributed by atoms with Crippen molar-refractivity contribution >= 4 is 15.9 Å². The van der Waals surface area contributed by atoms with Gasteiger partial charge in [0.1, 0.15) is 0 Å². The Balaban J connectivity index is 2.00. The Bertz CT molecular complexity index is 130. The Morgan fingerprint density at radius 3 is 2.83 bits per heavy atom. The molecule has 0 aliphatic carbocycles. The number of hydrogen-bond acceptors (Lipinski definition) is 2. The van der Waals surface area contributed by atoms with Crippen LogP contribution >= 0.6 is 15.9 Å². The monoisotopic (exact) mass is 235 g/mol. The van der Waals surface area contributed by atoms with E-state index in [1.54, 1.807) is 0 Å². The zero-order valence-corrected chi connectivity index (χ0v) is 9.51. The highest BCUT2D eigenvalue weighted by Gasteiger charge is 2.18. The van der Waals surface area contributed by atoms with Crippen LogP contribution in [0.4, 0.5) is 0 Å². The van der Waals surface area contributed by atoms with E-state index in [0.717, 1.165) is 13.2 Å². The van der Waals surface area contributed by atoms with E-state index in [1.165, 1.54) is 19.5 Å². The molecule has 12 heavy (non-hydrogen) atoms. The van der Waals surface area contributed by atoms with Gasteiger partial charge in [-0.2, -0.15) is 0 Å². The largest absolute Gasteiger partial charge is 0.377 e. The molecule has 0 amide bonds. The van der Waals surface area contributed by atoms with Gasteiger partial charge >= 0.3 is 0 Å². The van der Waals surface area contributed by atoms with Crippen molar-refractivity contribution in [2.75, 3.05) is 26.2 Å². The lowest BCUT2D eigenvalue weighted by atomic mass is 10.4. The normalized spacial score (nSPS) is 25.5. The van der Waals surface area contributed by atoms with Gasteiger partial charge in [0.05, 0.1) is 12.7 Å². The minimum Gasteiger partial charge on any atom is -0.377 e. The predicted octanol–water partition coefficient (Wildman–Crippen LogP) is 1.88. The maximum atomic E-state index is 5.48. The van der Waals surface area contributed by atoms with E-state index in [4.69, 9.17) is 4.74 Å². The van der Waals surface area contributed by atoms with Crippen LogP contribution in [0.2, 0.25) is 0 Å². The molecular formula is C9H18BrNO. The van der Waals surface area contributed by atoms with Crippen molar-refractivity contribution in [1.29, 1.82) is 0 Å². The van der Waals surface area contributed by atoms with Gasteiger partial charge in [-0.25, -0.2) is 0 Å². The summed E-state index contributed by atoms with van der Waals surface area (Å²) < 4.78 is 5.48. The Kier molecular flexibility index (Phi) is 4.54. The fraction of sp³-hybridized carbons (Fsp3) is 1.00. The fourth-order valence-corrected chi connectivity index (χ4v) is 2.02. The quantitative estimate of drug-likeness (QED) is 0.691. The highest BCUT2D eigenvalue weighted by Crippen LogP contribution is 2.15. The number of nitrogens with zero attached hydrogens (tertiary/aromatic N) is 1. The van der Waals surface area contributed by atoms with Crippen LogP contribution < -0.4 is 0 Å². The van der Waals surface area contributed by atoms with Gasteiger partial charge in [0.2, 0.25) is 0 Å². The minimum atomic E-state index is 0.368. The zero-order chi connectivity index (χ0) is 8.97. The van der Waals surface area contributed by atoms with Gasteiger partial charge in [-0.3, -0.25) is 4.90 Å². The molecule has 0 bridgehead atoms. The molecule has 1 heterocycles. The second-order valence-electron chi connectivity index (χ2n) is 3.61. The van der Waals surface area contributed by atoms with Crippen LogP contribution in [-0.4, -0.2) is 42.1 Å². The van der Waals surface area contributed by atoms with E-state index in [2.05, 4.69) is 34.7 Å². The highest BCUT2D eigenvalue weighted by atomic mass is 79.9. The van der Waals surface area contributed by atoms with Gasteiger partial charge in [0.25, 0.3) is 0 Å². The summed E-state index contributed by atoms with van der Waals surface area (Å²) in [6.45, 7) is 8.52. The topological polar surface area (TPSA) is 12.5 Å². The molecule has 0 radical (unpaired) electrons. The van der Waals surface area contributed by atoms with Crippen LogP contribution in [0.3, 0.4) is 0 Å². The molecule has 0 aromatic rings. The van der Waals surface area contributed by atoms with Crippen LogP contribution in [0.1, 0.15) is 20.3 Å². The van der Waals surface area contributed by atoms with Gasteiger partial charge < -0.3 is 4.74 Å². The molecule has 1 unspecified atom stereocenters. The van der Waals surface area contributed by atoms with E-state index in [0.29, 0.717) is 10.9 Å². The first-order valence-electron chi connectivity index (χ1n) is 4.66. The predicted molar refractivity (Wildman–Crippen MR) is 54.9 cm³/mol. The molecule has 1 saturated heterocycles. The summed E-state index contributed by atoms with van der Waals surface area (Å²) in [7, 11) is 0. The molecule has 2 nitrogen and oxygen atoms in total. The maximum absolute atomic E-state index is 5.48. The average Bonchev–Trinajstić information content (AvgIpc) is 2.35. The first-order chi connectivity index (χ1) is 5.68. The number of likely N-dealkylation sites (tertiary alicyclic amines) is 1. The summed E-state index contributed by atoms with van der Waals surface area (Å²) in [4.78, 5) is 3.15. The number of alkyl halides is 1. The third kappa shape index (κ3) is 3.87. The smallest absolute Gasteiger partial charge is 0.0596 e. The molecule has 1 atom stereocenters. The third-order valence-corrected chi connectivity index (χ3v) is 2.82. The summed E-state index contributed by atoms with van der Waals surface area (Å²) in [6, 6.07) is 0. The lowest BCUT2D eigenvalue weighted by Gasteiger charge is -2.15. The van der Waals surface area contributed by atoms with Crippen molar-refractivity contribution in [3.8, 4) is 0 Å². The first kappa shape index (κ1) is 10.5. The summed E-state index contributed by atoms with van der Waals surface area (Å²) in [5.41, 5.74) is 0. The number of ether oxygens (including phenoxy) is 1. The maximum Gasteiger partial charge on any atom is 0.0596 e. The Labute approximate surface area is 83.4 Å². The number of halogens is 1. The molecule has 1 aliphatic rings. The van der Waals surface area contributed by atoms with Gasteiger partial charge in [-0.05, 0) is 26.8 Å². The molecule has 1 rings (SSSR count). The van der Waals surface area contributed by atoms with E-state index in [1.807, 2.05) is 0 Å².